The highest BCUT2D eigenvalue weighted by Crippen LogP contribution is 2.23. The van der Waals surface area contributed by atoms with Crippen molar-refractivity contribution in [2.45, 2.75) is 6.10 Å². The SMILES string of the molecule is O=C(NCC(O)c1ccc(F)cc1)c1cc2cc(Br)ccc2o1. The number of fused-ring (bicyclic) bond motifs is 1. The zero-order chi connectivity index (χ0) is 16.4. The second-order valence-electron chi connectivity index (χ2n) is 5.07. The van der Waals surface area contributed by atoms with Gasteiger partial charge < -0.3 is 14.8 Å². The van der Waals surface area contributed by atoms with Gasteiger partial charge in [0.2, 0.25) is 0 Å². The van der Waals surface area contributed by atoms with Crippen molar-refractivity contribution in [3.8, 4) is 0 Å². The molecule has 1 amide bonds. The molecule has 2 N–H and O–H groups in total. The topological polar surface area (TPSA) is 62.5 Å². The van der Waals surface area contributed by atoms with E-state index in [1.54, 1.807) is 12.1 Å². The van der Waals surface area contributed by atoms with Crippen LogP contribution in [0.1, 0.15) is 22.2 Å². The molecule has 0 aliphatic carbocycles. The summed E-state index contributed by atoms with van der Waals surface area (Å²) in [6.07, 6.45) is -0.918. The number of hydrogen-bond acceptors (Lipinski definition) is 3. The van der Waals surface area contributed by atoms with E-state index in [9.17, 15) is 14.3 Å². The van der Waals surface area contributed by atoms with Gasteiger partial charge in [-0.2, -0.15) is 0 Å². The number of furan rings is 1. The zero-order valence-corrected chi connectivity index (χ0v) is 13.5. The van der Waals surface area contributed by atoms with Gasteiger partial charge in [-0.05, 0) is 42.0 Å². The van der Waals surface area contributed by atoms with Crippen molar-refractivity contribution in [3.05, 3.63) is 70.1 Å². The summed E-state index contributed by atoms with van der Waals surface area (Å²) in [7, 11) is 0. The normalized spacial score (nSPS) is 12.3. The van der Waals surface area contributed by atoms with Crippen molar-refractivity contribution >= 4 is 32.8 Å². The third kappa shape index (κ3) is 3.60. The molecule has 0 radical (unpaired) electrons. The molecule has 0 bridgehead atoms. The lowest BCUT2D eigenvalue weighted by atomic mass is 10.1. The van der Waals surface area contributed by atoms with Crippen molar-refractivity contribution in [2.75, 3.05) is 6.54 Å². The van der Waals surface area contributed by atoms with Crippen molar-refractivity contribution in [1.29, 1.82) is 0 Å². The zero-order valence-electron chi connectivity index (χ0n) is 11.9. The summed E-state index contributed by atoms with van der Waals surface area (Å²) in [4.78, 5) is 12.1. The van der Waals surface area contributed by atoms with Crippen LogP contribution in [0.15, 0.2) is 57.4 Å². The second kappa shape index (κ2) is 6.52. The molecule has 0 saturated heterocycles. The summed E-state index contributed by atoms with van der Waals surface area (Å²) < 4.78 is 19.2. The van der Waals surface area contributed by atoms with Gasteiger partial charge in [0.25, 0.3) is 5.91 Å². The fraction of sp³-hybridized carbons (Fsp3) is 0.118. The Morgan fingerprint density at radius 1 is 1.22 bits per heavy atom. The monoisotopic (exact) mass is 377 g/mol. The first kappa shape index (κ1) is 15.7. The maximum Gasteiger partial charge on any atom is 0.287 e. The minimum atomic E-state index is -0.918. The van der Waals surface area contributed by atoms with Crippen molar-refractivity contribution in [3.63, 3.8) is 0 Å². The number of carbonyl (C=O) groups excluding carboxylic acids is 1. The van der Waals surface area contributed by atoms with Crippen molar-refractivity contribution in [2.24, 2.45) is 0 Å². The summed E-state index contributed by atoms with van der Waals surface area (Å²) in [5.41, 5.74) is 1.14. The smallest absolute Gasteiger partial charge is 0.287 e. The van der Waals surface area contributed by atoms with Gasteiger partial charge in [0.1, 0.15) is 11.4 Å². The number of carbonyl (C=O) groups is 1. The van der Waals surface area contributed by atoms with E-state index in [4.69, 9.17) is 4.42 Å². The molecule has 3 rings (SSSR count). The molecule has 6 heteroatoms. The first-order valence-electron chi connectivity index (χ1n) is 6.94. The van der Waals surface area contributed by atoms with E-state index < -0.39 is 12.0 Å². The Balaban J connectivity index is 1.67. The Morgan fingerprint density at radius 3 is 2.70 bits per heavy atom. The number of hydrogen-bond donors (Lipinski definition) is 2. The fourth-order valence-corrected chi connectivity index (χ4v) is 2.58. The molecule has 0 fully saturated rings. The van der Waals surface area contributed by atoms with Crippen molar-refractivity contribution < 1.29 is 18.7 Å². The molecule has 1 aromatic heterocycles. The largest absolute Gasteiger partial charge is 0.451 e. The highest BCUT2D eigenvalue weighted by molar-refractivity contribution is 9.10. The number of halogens is 2. The van der Waals surface area contributed by atoms with Crippen LogP contribution in [0.4, 0.5) is 4.39 Å². The Bertz CT molecular complexity index is 845. The third-order valence-corrected chi connectivity index (χ3v) is 3.91. The highest BCUT2D eigenvalue weighted by atomic mass is 79.9. The van der Waals surface area contributed by atoms with Crippen LogP contribution in [-0.4, -0.2) is 17.6 Å². The molecule has 0 aliphatic heterocycles. The van der Waals surface area contributed by atoms with E-state index in [0.29, 0.717) is 11.1 Å². The average Bonchev–Trinajstić information content (AvgIpc) is 2.96. The van der Waals surface area contributed by atoms with E-state index in [1.807, 2.05) is 12.1 Å². The van der Waals surface area contributed by atoms with E-state index in [2.05, 4.69) is 21.2 Å². The van der Waals surface area contributed by atoms with Gasteiger partial charge in [0.05, 0.1) is 6.10 Å². The Morgan fingerprint density at radius 2 is 1.96 bits per heavy atom. The minimum Gasteiger partial charge on any atom is -0.451 e. The summed E-state index contributed by atoms with van der Waals surface area (Å²) in [5.74, 6) is -0.624. The number of aliphatic hydroxyl groups excluding tert-OH is 1. The second-order valence-corrected chi connectivity index (χ2v) is 5.99. The molecule has 0 aliphatic rings. The van der Waals surface area contributed by atoms with Gasteiger partial charge in [0, 0.05) is 16.4 Å². The van der Waals surface area contributed by atoms with Crippen molar-refractivity contribution in [1.82, 2.24) is 5.32 Å². The Kier molecular flexibility index (Phi) is 4.45. The lowest BCUT2D eigenvalue weighted by Gasteiger charge is -2.11. The molecule has 1 unspecified atom stereocenters. The quantitative estimate of drug-likeness (QED) is 0.726. The van der Waals surface area contributed by atoms with Gasteiger partial charge in [0.15, 0.2) is 5.76 Å². The molecular formula is C17H13BrFNO3. The summed E-state index contributed by atoms with van der Waals surface area (Å²) >= 11 is 3.36. The molecule has 23 heavy (non-hydrogen) atoms. The van der Waals surface area contributed by atoms with Crippen LogP contribution in [0.2, 0.25) is 0 Å². The van der Waals surface area contributed by atoms with Crippen LogP contribution in [0, 0.1) is 5.82 Å². The van der Waals surface area contributed by atoms with Crippen LogP contribution >= 0.6 is 15.9 Å². The first-order valence-corrected chi connectivity index (χ1v) is 7.73. The van der Waals surface area contributed by atoms with Gasteiger partial charge in [-0.15, -0.1) is 0 Å². The maximum absolute atomic E-state index is 12.8. The van der Waals surface area contributed by atoms with Crippen LogP contribution in [0.25, 0.3) is 11.0 Å². The molecule has 3 aromatic rings. The van der Waals surface area contributed by atoms with E-state index in [1.165, 1.54) is 24.3 Å². The lowest BCUT2D eigenvalue weighted by molar-refractivity contribution is 0.0891. The Hall–Kier alpha value is -2.18. The predicted molar refractivity (Wildman–Crippen MR) is 87.6 cm³/mol. The number of benzene rings is 2. The van der Waals surface area contributed by atoms with Crippen LogP contribution < -0.4 is 5.32 Å². The summed E-state index contributed by atoms with van der Waals surface area (Å²) in [6, 6.07) is 12.6. The molecule has 118 valence electrons. The molecule has 4 nitrogen and oxygen atoms in total. The van der Waals surface area contributed by atoms with E-state index in [0.717, 1.165) is 9.86 Å². The fourth-order valence-electron chi connectivity index (χ4n) is 2.21. The van der Waals surface area contributed by atoms with Gasteiger partial charge >= 0.3 is 0 Å². The average molecular weight is 378 g/mol. The van der Waals surface area contributed by atoms with Gasteiger partial charge in [-0.25, -0.2) is 4.39 Å². The van der Waals surface area contributed by atoms with E-state index in [-0.39, 0.29) is 18.1 Å². The van der Waals surface area contributed by atoms with Gasteiger partial charge in [-0.1, -0.05) is 28.1 Å². The summed E-state index contributed by atoms with van der Waals surface area (Å²) in [5, 5.41) is 13.4. The maximum atomic E-state index is 12.8. The number of rotatable bonds is 4. The molecule has 2 aromatic carbocycles. The van der Waals surface area contributed by atoms with Crippen LogP contribution in [0.5, 0.6) is 0 Å². The molecule has 1 atom stereocenters. The summed E-state index contributed by atoms with van der Waals surface area (Å²) in [6.45, 7) is 0.00516. The number of amides is 1. The van der Waals surface area contributed by atoms with Crippen LogP contribution in [0.3, 0.4) is 0 Å². The standard InChI is InChI=1S/C17H13BrFNO3/c18-12-3-6-15-11(7-12)8-16(23-15)17(22)20-9-14(21)10-1-4-13(19)5-2-10/h1-8,14,21H,9H2,(H,20,22). The first-order chi connectivity index (χ1) is 11.0. The number of aliphatic hydroxyl groups is 1. The minimum absolute atomic E-state index is 0.00516. The molecule has 0 saturated carbocycles. The highest BCUT2D eigenvalue weighted by Gasteiger charge is 2.15. The van der Waals surface area contributed by atoms with Gasteiger partial charge in [-0.3, -0.25) is 4.79 Å². The number of nitrogens with one attached hydrogen (secondary N) is 1. The lowest BCUT2D eigenvalue weighted by Crippen LogP contribution is -2.28. The third-order valence-electron chi connectivity index (χ3n) is 3.41. The molecule has 0 spiro atoms. The van der Waals surface area contributed by atoms with E-state index >= 15 is 0 Å². The van der Waals surface area contributed by atoms with Crippen LogP contribution in [-0.2, 0) is 0 Å². The molecular weight excluding hydrogens is 365 g/mol. The molecule has 1 heterocycles. The predicted octanol–water partition coefficient (Wildman–Crippen LogP) is 3.80. The Labute approximate surface area is 140 Å².